The molecule has 2 N–H and O–H groups in total. The van der Waals surface area contributed by atoms with Crippen LogP contribution in [0, 0.1) is 0 Å². The summed E-state index contributed by atoms with van der Waals surface area (Å²) in [5.74, 6) is -0.923. The second-order valence-corrected chi connectivity index (χ2v) is 9.44. The molecule has 1 atom stereocenters. The maximum atomic E-state index is 12.3. The number of aliphatic carboxylic acids is 1. The molecule has 1 aliphatic rings. The minimum absolute atomic E-state index is 0.0651. The first kappa shape index (κ1) is 24.3. The Morgan fingerprint density at radius 1 is 1.00 bits per heavy atom. The van der Waals surface area contributed by atoms with Crippen LogP contribution in [0.1, 0.15) is 23.5 Å². The molecule has 172 valence electrons. The fourth-order valence-corrected chi connectivity index (χ4v) is 5.20. The number of fused-ring (bicyclic) bond motifs is 3. The van der Waals surface area contributed by atoms with Crippen molar-refractivity contribution in [2.45, 2.75) is 23.9 Å². The molecule has 2 aromatic rings. The van der Waals surface area contributed by atoms with Crippen molar-refractivity contribution in [2.24, 2.45) is 0 Å². The summed E-state index contributed by atoms with van der Waals surface area (Å²) >= 11 is 1.10. The number of carboxylic acids is 1. The minimum Gasteiger partial charge on any atom is -0.480 e. The lowest BCUT2D eigenvalue weighted by molar-refractivity contribution is -0.139. The van der Waals surface area contributed by atoms with E-state index in [0.29, 0.717) is 5.75 Å². The largest absolute Gasteiger partial charge is 0.480 e. The molecule has 0 saturated heterocycles. The van der Waals surface area contributed by atoms with E-state index < -0.39 is 23.6 Å². The predicted molar refractivity (Wildman–Crippen MR) is 120 cm³/mol. The molecule has 0 bridgehead atoms. The average Bonchev–Trinajstić information content (AvgIpc) is 3.07. The second-order valence-electron chi connectivity index (χ2n) is 7.06. The number of halogens is 3. The quantitative estimate of drug-likeness (QED) is 0.442. The van der Waals surface area contributed by atoms with Gasteiger partial charge in [-0.05, 0) is 34.4 Å². The molecule has 0 spiro atoms. The van der Waals surface area contributed by atoms with Crippen LogP contribution in [0.25, 0.3) is 11.1 Å². The number of carboxylic acid groups (broad SMARTS) is 1. The van der Waals surface area contributed by atoms with Gasteiger partial charge in [0.15, 0.2) is 0 Å². The zero-order valence-electron chi connectivity index (χ0n) is 16.9. The number of benzene rings is 2. The molecule has 2 aromatic carbocycles. The van der Waals surface area contributed by atoms with Gasteiger partial charge in [0.1, 0.15) is 12.6 Å². The molecule has 0 heterocycles. The van der Waals surface area contributed by atoms with E-state index in [1.54, 1.807) is 0 Å². The van der Waals surface area contributed by atoms with Gasteiger partial charge in [0, 0.05) is 17.4 Å². The number of carbonyl (C=O) groups is 2. The van der Waals surface area contributed by atoms with E-state index in [1.807, 2.05) is 48.5 Å². The van der Waals surface area contributed by atoms with E-state index in [0.717, 1.165) is 22.3 Å². The Bertz CT molecular complexity index is 909. The topological polar surface area (TPSA) is 75.6 Å². The summed E-state index contributed by atoms with van der Waals surface area (Å²) < 4.78 is 41.7. The lowest BCUT2D eigenvalue weighted by Crippen LogP contribution is -2.41. The summed E-state index contributed by atoms with van der Waals surface area (Å²) in [4.78, 5) is 23.7. The van der Waals surface area contributed by atoms with Crippen LogP contribution in [-0.2, 0) is 9.53 Å². The first-order valence-corrected chi connectivity index (χ1v) is 12.0. The number of amides is 1. The normalized spacial score (nSPS) is 13.8. The molecule has 0 radical (unpaired) electrons. The predicted octanol–water partition coefficient (Wildman–Crippen LogP) is 5.35. The number of alkyl carbamates (subject to hydrolysis) is 1. The number of carbonyl (C=O) groups excluding carboxylic acids is 1. The highest BCUT2D eigenvalue weighted by Gasteiger charge is 2.30. The fourth-order valence-electron chi connectivity index (χ4n) is 3.56. The highest BCUT2D eigenvalue weighted by Crippen LogP contribution is 2.44. The van der Waals surface area contributed by atoms with Gasteiger partial charge in [-0.2, -0.15) is 24.9 Å². The Morgan fingerprint density at radius 2 is 1.59 bits per heavy atom. The first-order valence-electron chi connectivity index (χ1n) is 9.89. The van der Waals surface area contributed by atoms with Crippen LogP contribution in [0.4, 0.5) is 18.0 Å². The Kier molecular flexibility index (Phi) is 8.36. The van der Waals surface area contributed by atoms with Crippen LogP contribution in [0.15, 0.2) is 48.5 Å². The van der Waals surface area contributed by atoms with Crippen molar-refractivity contribution in [3.8, 4) is 11.1 Å². The molecular formula is C22H22F3NO4S2. The number of ether oxygens (including phenoxy) is 1. The SMILES string of the molecule is O=C(NC(CCSCCSC(F)(F)F)C(=O)O)OCC1c2ccccc2-c2ccccc21. The van der Waals surface area contributed by atoms with Crippen molar-refractivity contribution >= 4 is 35.6 Å². The van der Waals surface area contributed by atoms with Gasteiger partial charge in [-0.25, -0.2) is 9.59 Å². The summed E-state index contributed by atoms with van der Waals surface area (Å²) in [6, 6.07) is 14.6. The van der Waals surface area contributed by atoms with E-state index in [1.165, 1.54) is 11.8 Å². The Balaban J connectivity index is 1.48. The molecule has 5 nitrogen and oxygen atoms in total. The number of rotatable bonds is 10. The van der Waals surface area contributed by atoms with Crippen molar-refractivity contribution in [3.05, 3.63) is 59.7 Å². The standard InChI is InChI=1S/C22H22F3NO4S2/c23-22(24,25)32-12-11-31-10-9-19(20(27)28)26-21(29)30-13-18-16-7-3-1-5-14(16)15-6-2-4-8-17(15)18/h1-8,18-19H,9-13H2,(H,26,29)(H,27,28). The number of thioether (sulfide) groups is 2. The first-order chi connectivity index (χ1) is 15.3. The van der Waals surface area contributed by atoms with Crippen LogP contribution in [0.2, 0.25) is 0 Å². The lowest BCUT2D eigenvalue weighted by Gasteiger charge is -2.17. The van der Waals surface area contributed by atoms with Gasteiger partial charge in [-0.1, -0.05) is 60.3 Å². The van der Waals surface area contributed by atoms with Gasteiger partial charge in [0.25, 0.3) is 0 Å². The number of nitrogens with one attached hydrogen (secondary N) is 1. The summed E-state index contributed by atoms with van der Waals surface area (Å²) in [6.07, 6.45) is -0.752. The van der Waals surface area contributed by atoms with Gasteiger partial charge >= 0.3 is 17.6 Å². The van der Waals surface area contributed by atoms with Gasteiger partial charge in [0.05, 0.1) is 0 Å². The van der Waals surface area contributed by atoms with Gasteiger partial charge < -0.3 is 15.2 Å². The number of alkyl halides is 3. The summed E-state index contributed by atoms with van der Waals surface area (Å²) in [5, 5.41) is 11.7. The molecule has 0 saturated carbocycles. The van der Waals surface area contributed by atoms with Crippen LogP contribution in [-0.4, -0.2) is 52.6 Å². The molecule has 1 unspecified atom stereocenters. The third kappa shape index (κ3) is 6.59. The summed E-state index contributed by atoms with van der Waals surface area (Å²) in [6.45, 7) is 0.0651. The lowest BCUT2D eigenvalue weighted by atomic mass is 9.98. The van der Waals surface area contributed by atoms with Gasteiger partial charge in [-0.15, -0.1) is 0 Å². The zero-order valence-corrected chi connectivity index (χ0v) is 18.6. The van der Waals surface area contributed by atoms with E-state index in [2.05, 4.69) is 5.32 Å². The summed E-state index contributed by atoms with van der Waals surface area (Å²) in [7, 11) is 0. The van der Waals surface area contributed by atoms with Crippen molar-refractivity contribution in [1.82, 2.24) is 5.32 Å². The monoisotopic (exact) mass is 485 g/mol. The van der Waals surface area contributed by atoms with Gasteiger partial charge in [0.2, 0.25) is 0 Å². The molecular weight excluding hydrogens is 463 g/mol. The van der Waals surface area contributed by atoms with Crippen LogP contribution < -0.4 is 5.32 Å². The van der Waals surface area contributed by atoms with E-state index in [-0.39, 0.29) is 42.2 Å². The molecule has 0 fully saturated rings. The molecule has 10 heteroatoms. The molecule has 1 aliphatic carbocycles. The minimum atomic E-state index is -4.27. The van der Waals surface area contributed by atoms with Crippen molar-refractivity contribution < 1.29 is 32.6 Å². The maximum absolute atomic E-state index is 12.3. The molecule has 1 amide bonds. The Morgan fingerprint density at radius 3 is 2.16 bits per heavy atom. The van der Waals surface area contributed by atoms with E-state index >= 15 is 0 Å². The number of hydrogen-bond acceptors (Lipinski definition) is 5. The van der Waals surface area contributed by atoms with Crippen LogP contribution in [0.5, 0.6) is 0 Å². The Labute approximate surface area is 192 Å². The zero-order chi connectivity index (χ0) is 23.1. The van der Waals surface area contributed by atoms with Crippen LogP contribution >= 0.6 is 23.5 Å². The van der Waals surface area contributed by atoms with Gasteiger partial charge in [-0.3, -0.25) is 0 Å². The molecule has 0 aromatic heterocycles. The van der Waals surface area contributed by atoms with Crippen molar-refractivity contribution in [2.75, 3.05) is 23.9 Å². The van der Waals surface area contributed by atoms with E-state index in [9.17, 15) is 27.9 Å². The Hall–Kier alpha value is -2.33. The second kappa shape index (κ2) is 11.0. The average molecular weight is 486 g/mol. The summed E-state index contributed by atoms with van der Waals surface area (Å²) in [5.41, 5.74) is -0.00759. The molecule has 3 rings (SSSR count). The highest BCUT2D eigenvalue weighted by atomic mass is 32.2. The van der Waals surface area contributed by atoms with Crippen LogP contribution in [0.3, 0.4) is 0 Å². The highest BCUT2D eigenvalue weighted by molar-refractivity contribution is 8.03. The van der Waals surface area contributed by atoms with Crippen molar-refractivity contribution in [1.29, 1.82) is 0 Å². The smallest absolute Gasteiger partial charge is 0.441 e. The molecule has 0 aliphatic heterocycles. The molecule has 32 heavy (non-hydrogen) atoms. The third-order valence-corrected chi connectivity index (χ3v) is 6.99. The van der Waals surface area contributed by atoms with E-state index in [4.69, 9.17) is 4.74 Å². The number of hydrogen-bond donors (Lipinski definition) is 2. The van der Waals surface area contributed by atoms with Crippen molar-refractivity contribution in [3.63, 3.8) is 0 Å². The maximum Gasteiger partial charge on any atom is 0.441 e. The fraction of sp³-hybridized carbons (Fsp3) is 0.364. The third-order valence-electron chi connectivity index (χ3n) is 4.98.